The van der Waals surface area contributed by atoms with Crippen LogP contribution < -0.4 is 5.56 Å². The van der Waals surface area contributed by atoms with Crippen molar-refractivity contribution in [2.24, 2.45) is 0 Å². The van der Waals surface area contributed by atoms with Crippen LogP contribution in [0, 0.1) is 19.7 Å². The molecule has 0 radical (unpaired) electrons. The predicted molar refractivity (Wildman–Crippen MR) is 100 cm³/mol. The molecule has 0 amide bonds. The van der Waals surface area contributed by atoms with Crippen LogP contribution in [0.3, 0.4) is 0 Å². The Hall–Kier alpha value is -1.99. The maximum absolute atomic E-state index is 13.3. The SMILES string of the molecule is CCn1c(SCC(=O)c2cccc(F)c2)nc2sc(C)c(C)c2c1=O. The standard InChI is InChI=1S/C18H17FN2O2S2/c1-4-21-17(23)15-10(2)11(3)25-16(15)20-18(21)24-9-14(22)12-6-5-7-13(19)8-12/h5-8H,4,9H2,1-3H3. The van der Waals surface area contributed by atoms with Crippen molar-refractivity contribution in [3.63, 3.8) is 0 Å². The second kappa shape index (κ2) is 7.09. The fourth-order valence-corrected chi connectivity index (χ4v) is 4.60. The first-order valence-corrected chi connectivity index (χ1v) is 9.64. The van der Waals surface area contributed by atoms with Crippen LogP contribution in [0.15, 0.2) is 34.2 Å². The van der Waals surface area contributed by atoms with E-state index in [0.717, 1.165) is 10.4 Å². The molecule has 0 aliphatic rings. The van der Waals surface area contributed by atoms with Gasteiger partial charge >= 0.3 is 0 Å². The molecule has 25 heavy (non-hydrogen) atoms. The molecule has 7 heteroatoms. The fourth-order valence-electron chi connectivity index (χ4n) is 2.57. The number of Topliss-reactive ketones (excluding diaryl/α,β-unsaturated/α-hetero) is 1. The van der Waals surface area contributed by atoms with Gasteiger partial charge in [0.2, 0.25) is 0 Å². The average Bonchev–Trinajstić information content (AvgIpc) is 2.87. The molecule has 3 rings (SSSR count). The van der Waals surface area contributed by atoms with E-state index in [1.807, 2.05) is 20.8 Å². The van der Waals surface area contributed by atoms with Crippen molar-refractivity contribution >= 4 is 39.1 Å². The van der Waals surface area contributed by atoms with Crippen LogP contribution in [0.25, 0.3) is 10.2 Å². The molecular weight excluding hydrogens is 359 g/mol. The lowest BCUT2D eigenvalue weighted by molar-refractivity contribution is 0.102. The van der Waals surface area contributed by atoms with Gasteiger partial charge in [0, 0.05) is 17.0 Å². The number of thioether (sulfide) groups is 1. The van der Waals surface area contributed by atoms with Crippen molar-refractivity contribution in [2.45, 2.75) is 32.5 Å². The number of fused-ring (bicyclic) bond motifs is 1. The maximum Gasteiger partial charge on any atom is 0.263 e. The van der Waals surface area contributed by atoms with Gasteiger partial charge in [0.25, 0.3) is 5.56 Å². The van der Waals surface area contributed by atoms with Crippen LogP contribution in [-0.4, -0.2) is 21.1 Å². The summed E-state index contributed by atoms with van der Waals surface area (Å²) in [6.45, 7) is 6.25. The molecule has 3 aromatic rings. The average molecular weight is 376 g/mol. The minimum atomic E-state index is -0.439. The zero-order chi connectivity index (χ0) is 18.1. The van der Waals surface area contributed by atoms with E-state index in [9.17, 15) is 14.0 Å². The highest BCUT2D eigenvalue weighted by atomic mass is 32.2. The highest BCUT2D eigenvalue weighted by Crippen LogP contribution is 2.28. The summed E-state index contributed by atoms with van der Waals surface area (Å²) in [5.41, 5.74) is 1.21. The van der Waals surface area contributed by atoms with Crippen molar-refractivity contribution in [3.8, 4) is 0 Å². The van der Waals surface area contributed by atoms with Crippen LogP contribution >= 0.6 is 23.1 Å². The molecule has 0 aliphatic heterocycles. The van der Waals surface area contributed by atoms with Gasteiger partial charge in [0.1, 0.15) is 10.6 Å². The second-order valence-corrected chi connectivity index (χ2v) is 7.78. The largest absolute Gasteiger partial charge is 0.293 e. The van der Waals surface area contributed by atoms with Crippen molar-refractivity contribution in [3.05, 3.63) is 56.4 Å². The Labute approximate surface area is 152 Å². The molecule has 0 spiro atoms. The third kappa shape index (κ3) is 3.39. The summed E-state index contributed by atoms with van der Waals surface area (Å²) in [6, 6.07) is 5.62. The van der Waals surface area contributed by atoms with Crippen LogP contribution in [0.5, 0.6) is 0 Å². The van der Waals surface area contributed by atoms with E-state index in [1.54, 1.807) is 10.6 Å². The minimum absolute atomic E-state index is 0.0740. The number of aromatic nitrogens is 2. The molecule has 0 unspecified atom stereocenters. The van der Waals surface area contributed by atoms with E-state index in [2.05, 4.69) is 4.98 Å². The number of ketones is 1. The highest BCUT2D eigenvalue weighted by molar-refractivity contribution is 7.99. The molecule has 4 nitrogen and oxygen atoms in total. The number of carbonyl (C=O) groups excluding carboxylic acids is 1. The first kappa shape index (κ1) is 17.8. The summed E-state index contributed by atoms with van der Waals surface area (Å²) in [5, 5.41) is 1.18. The molecule has 0 saturated heterocycles. The van der Waals surface area contributed by atoms with E-state index >= 15 is 0 Å². The number of hydrogen-bond acceptors (Lipinski definition) is 5. The first-order valence-electron chi connectivity index (χ1n) is 7.84. The van der Waals surface area contributed by atoms with Crippen LogP contribution in [-0.2, 0) is 6.54 Å². The fraction of sp³-hybridized carbons (Fsp3) is 0.278. The number of hydrogen-bond donors (Lipinski definition) is 0. The molecule has 2 heterocycles. The normalized spacial score (nSPS) is 11.2. The lowest BCUT2D eigenvalue weighted by atomic mass is 10.1. The summed E-state index contributed by atoms with van der Waals surface area (Å²) in [6.07, 6.45) is 0. The van der Waals surface area contributed by atoms with Gasteiger partial charge in [0.15, 0.2) is 10.9 Å². The van der Waals surface area contributed by atoms with E-state index in [0.29, 0.717) is 27.5 Å². The molecule has 0 atom stereocenters. The minimum Gasteiger partial charge on any atom is -0.293 e. The number of benzene rings is 1. The highest BCUT2D eigenvalue weighted by Gasteiger charge is 2.17. The van der Waals surface area contributed by atoms with Crippen LogP contribution in [0.4, 0.5) is 4.39 Å². The van der Waals surface area contributed by atoms with Gasteiger partial charge < -0.3 is 0 Å². The Morgan fingerprint density at radius 3 is 2.80 bits per heavy atom. The Morgan fingerprint density at radius 2 is 2.12 bits per heavy atom. The van der Waals surface area contributed by atoms with Crippen LogP contribution in [0.2, 0.25) is 0 Å². The molecular formula is C18H17FN2O2S2. The van der Waals surface area contributed by atoms with E-state index in [1.165, 1.54) is 41.3 Å². The molecule has 0 saturated carbocycles. The van der Waals surface area contributed by atoms with Gasteiger partial charge in [-0.15, -0.1) is 11.3 Å². The smallest absolute Gasteiger partial charge is 0.263 e. The Balaban J connectivity index is 1.93. The zero-order valence-electron chi connectivity index (χ0n) is 14.1. The maximum atomic E-state index is 13.3. The number of nitrogens with zero attached hydrogens (tertiary/aromatic N) is 2. The molecule has 2 aromatic heterocycles. The van der Waals surface area contributed by atoms with Crippen molar-refractivity contribution in [2.75, 3.05) is 5.75 Å². The third-order valence-electron chi connectivity index (χ3n) is 4.05. The van der Waals surface area contributed by atoms with Crippen molar-refractivity contribution in [1.82, 2.24) is 9.55 Å². The Kier molecular flexibility index (Phi) is 5.06. The number of halogens is 1. The summed E-state index contributed by atoms with van der Waals surface area (Å²) in [4.78, 5) is 31.4. The second-order valence-electron chi connectivity index (χ2n) is 5.63. The number of thiophene rings is 1. The van der Waals surface area contributed by atoms with E-state index in [4.69, 9.17) is 0 Å². The molecule has 0 fully saturated rings. The van der Waals surface area contributed by atoms with Crippen molar-refractivity contribution < 1.29 is 9.18 Å². The molecule has 0 bridgehead atoms. The summed E-state index contributed by atoms with van der Waals surface area (Å²) >= 11 is 2.70. The molecule has 130 valence electrons. The van der Waals surface area contributed by atoms with Crippen molar-refractivity contribution in [1.29, 1.82) is 0 Å². The molecule has 1 aromatic carbocycles. The summed E-state index contributed by atoms with van der Waals surface area (Å²) in [7, 11) is 0. The Morgan fingerprint density at radius 1 is 1.36 bits per heavy atom. The quantitative estimate of drug-likeness (QED) is 0.380. The monoisotopic (exact) mass is 376 g/mol. The number of carbonyl (C=O) groups is 1. The first-order chi connectivity index (χ1) is 11.9. The number of rotatable bonds is 5. The summed E-state index contributed by atoms with van der Waals surface area (Å²) < 4.78 is 14.8. The van der Waals surface area contributed by atoms with E-state index < -0.39 is 5.82 Å². The topological polar surface area (TPSA) is 52.0 Å². The lowest BCUT2D eigenvalue weighted by Gasteiger charge is -2.09. The third-order valence-corrected chi connectivity index (χ3v) is 6.13. The van der Waals surface area contributed by atoms with Crippen LogP contribution in [0.1, 0.15) is 27.7 Å². The van der Waals surface area contributed by atoms with Gasteiger partial charge in [-0.2, -0.15) is 0 Å². The van der Waals surface area contributed by atoms with Gasteiger partial charge in [-0.3, -0.25) is 14.2 Å². The lowest BCUT2D eigenvalue weighted by Crippen LogP contribution is -2.22. The summed E-state index contributed by atoms with van der Waals surface area (Å²) in [5.74, 6) is -0.532. The molecule has 0 N–H and O–H groups in total. The molecule has 0 aliphatic carbocycles. The van der Waals surface area contributed by atoms with Gasteiger partial charge in [0.05, 0.1) is 11.1 Å². The zero-order valence-corrected chi connectivity index (χ0v) is 15.8. The Bertz CT molecular complexity index is 1020. The van der Waals surface area contributed by atoms with E-state index in [-0.39, 0.29) is 17.1 Å². The van der Waals surface area contributed by atoms with Gasteiger partial charge in [-0.05, 0) is 38.5 Å². The van der Waals surface area contributed by atoms with Gasteiger partial charge in [-0.25, -0.2) is 9.37 Å². The predicted octanol–water partition coefficient (Wildman–Crippen LogP) is 4.21. The van der Waals surface area contributed by atoms with Gasteiger partial charge in [-0.1, -0.05) is 23.9 Å². The number of aryl methyl sites for hydroxylation is 2.